The highest BCUT2D eigenvalue weighted by atomic mass is 32.2. The number of carbonyl (C=O) groups is 1. The first-order valence-electron chi connectivity index (χ1n) is 9.88. The van der Waals surface area contributed by atoms with Crippen molar-refractivity contribution in [1.29, 1.82) is 0 Å². The van der Waals surface area contributed by atoms with Gasteiger partial charge in [-0.3, -0.25) is 14.3 Å². The number of benzene rings is 2. The molecule has 1 aliphatic rings. The van der Waals surface area contributed by atoms with Crippen molar-refractivity contribution < 1.29 is 27.1 Å². The molecule has 0 aliphatic carbocycles. The molecule has 0 bridgehead atoms. The van der Waals surface area contributed by atoms with Crippen LogP contribution in [0.15, 0.2) is 54.6 Å². The predicted octanol–water partition coefficient (Wildman–Crippen LogP) is 3.49. The molecule has 1 amide bonds. The average Bonchev–Trinajstić information content (AvgIpc) is 2.77. The first kappa shape index (κ1) is 22.7. The van der Waals surface area contributed by atoms with E-state index in [1.165, 1.54) is 12.1 Å². The van der Waals surface area contributed by atoms with Crippen molar-refractivity contribution >= 4 is 21.9 Å². The highest BCUT2D eigenvalue weighted by Gasteiger charge is 2.25. The Balaban J connectivity index is 1.38. The van der Waals surface area contributed by atoms with Gasteiger partial charge in [0.2, 0.25) is 0 Å². The Labute approximate surface area is 180 Å². The number of hydrogen-bond acceptors (Lipinski definition) is 7. The van der Waals surface area contributed by atoms with Crippen molar-refractivity contribution in [2.24, 2.45) is 5.92 Å². The van der Waals surface area contributed by atoms with Crippen LogP contribution in [-0.4, -0.2) is 44.0 Å². The largest absolute Gasteiger partial charge is 0.445 e. The SMILES string of the molecule is O=C(OCc1ccc([N+](=O)[O-])cc1)N1CCC(COS(=O)(=O)Cc2ccccc2)CC1. The lowest BCUT2D eigenvalue weighted by atomic mass is 9.98. The Bertz CT molecular complexity index is 986. The van der Waals surface area contributed by atoms with Gasteiger partial charge in [-0.05, 0) is 42.0 Å². The Kier molecular flexibility index (Phi) is 7.59. The summed E-state index contributed by atoms with van der Waals surface area (Å²) >= 11 is 0. The number of piperidine rings is 1. The van der Waals surface area contributed by atoms with E-state index >= 15 is 0 Å². The van der Waals surface area contributed by atoms with E-state index in [1.807, 2.05) is 6.07 Å². The highest BCUT2D eigenvalue weighted by molar-refractivity contribution is 7.85. The summed E-state index contributed by atoms with van der Waals surface area (Å²) in [6.07, 6.45) is 0.774. The minimum absolute atomic E-state index is 0.0230. The van der Waals surface area contributed by atoms with E-state index in [1.54, 1.807) is 41.3 Å². The smallest absolute Gasteiger partial charge is 0.410 e. The molecule has 0 radical (unpaired) electrons. The lowest BCUT2D eigenvalue weighted by Crippen LogP contribution is -2.39. The van der Waals surface area contributed by atoms with Gasteiger partial charge in [0, 0.05) is 25.2 Å². The zero-order valence-corrected chi connectivity index (χ0v) is 17.7. The van der Waals surface area contributed by atoms with Gasteiger partial charge in [-0.2, -0.15) is 8.42 Å². The molecule has 9 nitrogen and oxygen atoms in total. The average molecular weight is 448 g/mol. The maximum absolute atomic E-state index is 12.2. The zero-order chi connectivity index (χ0) is 22.3. The number of amides is 1. The number of non-ortho nitro benzene ring substituents is 1. The number of likely N-dealkylation sites (tertiary alicyclic amines) is 1. The number of hydrogen-bond donors (Lipinski definition) is 0. The number of ether oxygens (including phenoxy) is 1. The van der Waals surface area contributed by atoms with Crippen LogP contribution in [0.5, 0.6) is 0 Å². The van der Waals surface area contributed by atoms with Crippen molar-refractivity contribution in [3.05, 3.63) is 75.8 Å². The normalized spacial score (nSPS) is 14.9. The molecule has 0 spiro atoms. The molecule has 1 saturated heterocycles. The van der Waals surface area contributed by atoms with Crippen LogP contribution in [0.25, 0.3) is 0 Å². The summed E-state index contributed by atoms with van der Waals surface area (Å²) < 4.78 is 34.8. The number of nitro benzene ring substituents is 1. The maximum atomic E-state index is 12.2. The Morgan fingerprint density at radius 2 is 1.68 bits per heavy atom. The Morgan fingerprint density at radius 1 is 1.03 bits per heavy atom. The van der Waals surface area contributed by atoms with Crippen LogP contribution in [0.2, 0.25) is 0 Å². The van der Waals surface area contributed by atoms with Gasteiger partial charge in [0.15, 0.2) is 0 Å². The molecule has 0 aromatic heterocycles. The van der Waals surface area contributed by atoms with E-state index in [0.29, 0.717) is 37.1 Å². The van der Waals surface area contributed by atoms with E-state index in [9.17, 15) is 23.3 Å². The fraction of sp³-hybridized carbons (Fsp3) is 0.381. The molecule has 1 heterocycles. The zero-order valence-electron chi connectivity index (χ0n) is 16.9. The molecule has 1 aliphatic heterocycles. The fourth-order valence-corrected chi connectivity index (χ4v) is 4.34. The molecule has 2 aromatic carbocycles. The fourth-order valence-electron chi connectivity index (χ4n) is 3.25. The van der Waals surface area contributed by atoms with Crippen LogP contribution in [0.4, 0.5) is 10.5 Å². The maximum Gasteiger partial charge on any atom is 0.410 e. The van der Waals surface area contributed by atoms with Crippen LogP contribution >= 0.6 is 0 Å². The van der Waals surface area contributed by atoms with Crippen molar-refractivity contribution in [2.45, 2.75) is 25.2 Å². The molecule has 0 unspecified atom stereocenters. The lowest BCUT2D eigenvalue weighted by Gasteiger charge is -2.31. The van der Waals surface area contributed by atoms with Crippen molar-refractivity contribution in [2.75, 3.05) is 19.7 Å². The minimum atomic E-state index is -3.66. The molecule has 10 heteroatoms. The second-order valence-electron chi connectivity index (χ2n) is 7.38. The van der Waals surface area contributed by atoms with Gasteiger partial charge in [0.05, 0.1) is 11.5 Å². The molecule has 2 aromatic rings. The summed E-state index contributed by atoms with van der Waals surface area (Å²) in [5.74, 6) is -0.119. The monoisotopic (exact) mass is 448 g/mol. The Morgan fingerprint density at radius 3 is 2.29 bits per heavy atom. The first-order valence-corrected chi connectivity index (χ1v) is 11.5. The van der Waals surface area contributed by atoms with Gasteiger partial charge in [0.25, 0.3) is 15.8 Å². The lowest BCUT2D eigenvalue weighted by molar-refractivity contribution is -0.384. The number of rotatable bonds is 8. The molecule has 1 fully saturated rings. The second kappa shape index (κ2) is 10.4. The van der Waals surface area contributed by atoms with Crippen molar-refractivity contribution in [1.82, 2.24) is 4.90 Å². The standard InChI is InChI=1S/C21H24N2O7S/c24-21(29-14-17-6-8-20(9-7-17)23(25)26)22-12-10-18(11-13-22)15-30-31(27,28)16-19-4-2-1-3-5-19/h1-9,18H,10-16H2. The predicted molar refractivity (Wildman–Crippen MR) is 113 cm³/mol. The molecule has 3 rings (SSSR count). The number of nitro groups is 1. The quantitative estimate of drug-likeness (QED) is 0.345. The van der Waals surface area contributed by atoms with E-state index in [2.05, 4.69) is 0 Å². The van der Waals surface area contributed by atoms with Crippen LogP contribution in [0.1, 0.15) is 24.0 Å². The second-order valence-corrected chi connectivity index (χ2v) is 9.02. The third-order valence-corrected chi connectivity index (χ3v) is 6.23. The van der Waals surface area contributed by atoms with Crippen LogP contribution in [0.3, 0.4) is 0 Å². The van der Waals surface area contributed by atoms with Crippen molar-refractivity contribution in [3.63, 3.8) is 0 Å². The van der Waals surface area contributed by atoms with Gasteiger partial charge in [-0.15, -0.1) is 0 Å². The molecule has 166 valence electrons. The van der Waals surface area contributed by atoms with Gasteiger partial charge >= 0.3 is 6.09 Å². The van der Waals surface area contributed by atoms with Gasteiger partial charge in [-0.25, -0.2) is 4.79 Å². The molecular weight excluding hydrogens is 424 g/mol. The number of nitrogens with zero attached hydrogens (tertiary/aromatic N) is 2. The van der Waals surface area contributed by atoms with Gasteiger partial charge in [0.1, 0.15) is 12.4 Å². The van der Waals surface area contributed by atoms with Crippen molar-refractivity contribution in [3.8, 4) is 0 Å². The summed E-state index contributed by atoms with van der Waals surface area (Å²) in [5.41, 5.74) is 1.31. The summed E-state index contributed by atoms with van der Waals surface area (Å²) in [5, 5.41) is 10.7. The summed E-state index contributed by atoms with van der Waals surface area (Å²) in [6.45, 7) is 1.02. The molecule has 0 saturated carbocycles. The van der Waals surface area contributed by atoms with E-state index in [0.717, 1.165) is 0 Å². The highest BCUT2D eigenvalue weighted by Crippen LogP contribution is 2.20. The summed E-state index contributed by atoms with van der Waals surface area (Å²) in [7, 11) is -3.66. The van der Waals surface area contributed by atoms with Crippen LogP contribution < -0.4 is 0 Å². The van der Waals surface area contributed by atoms with Crippen LogP contribution in [0, 0.1) is 16.0 Å². The number of carbonyl (C=O) groups excluding carboxylic acids is 1. The molecule has 0 atom stereocenters. The Hall–Kier alpha value is -2.98. The molecule has 0 N–H and O–H groups in total. The first-order chi connectivity index (χ1) is 14.8. The van der Waals surface area contributed by atoms with Gasteiger partial charge in [-0.1, -0.05) is 30.3 Å². The third kappa shape index (κ3) is 7.04. The minimum Gasteiger partial charge on any atom is -0.445 e. The van der Waals surface area contributed by atoms with E-state index < -0.39 is 21.1 Å². The van der Waals surface area contributed by atoms with Crippen LogP contribution in [-0.2, 0) is 31.4 Å². The molecular formula is C21H24N2O7S. The van der Waals surface area contributed by atoms with Gasteiger partial charge < -0.3 is 9.64 Å². The summed E-state index contributed by atoms with van der Waals surface area (Å²) in [6, 6.07) is 14.7. The molecule has 31 heavy (non-hydrogen) atoms. The van der Waals surface area contributed by atoms with E-state index in [4.69, 9.17) is 8.92 Å². The third-order valence-electron chi connectivity index (χ3n) is 5.05. The topological polar surface area (TPSA) is 116 Å². The van der Waals surface area contributed by atoms with E-state index in [-0.39, 0.29) is 30.6 Å². The summed E-state index contributed by atoms with van der Waals surface area (Å²) in [4.78, 5) is 24.0.